The van der Waals surface area contributed by atoms with Crippen LogP contribution in [0.3, 0.4) is 0 Å². The van der Waals surface area contributed by atoms with Crippen LogP contribution in [0.15, 0.2) is 47.3 Å². The van der Waals surface area contributed by atoms with Crippen molar-refractivity contribution in [3.05, 3.63) is 58.4 Å². The van der Waals surface area contributed by atoms with Gasteiger partial charge in [0.25, 0.3) is 0 Å². The quantitative estimate of drug-likeness (QED) is 0.434. The smallest absolute Gasteiger partial charge is 0.190 e. The molecule has 2 aromatic carbocycles. The minimum Gasteiger partial charge on any atom is -0.508 e. The van der Waals surface area contributed by atoms with Gasteiger partial charge in [0.1, 0.15) is 11.5 Å². The van der Waals surface area contributed by atoms with E-state index in [1.54, 1.807) is 30.3 Å². The zero-order valence-electron chi connectivity index (χ0n) is 12.3. The van der Waals surface area contributed by atoms with E-state index in [0.717, 1.165) is 22.2 Å². The van der Waals surface area contributed by atoms with Crippen LogP contribution in [-0.2, 0) is 0 Å². The summed E-state index contributed by atoms with van der Waals surface area (Å²) in [7, 11) is 0. The molecule has 0 bridgehead atoms. The Bertz CT molecular complexity index is 1120. The van der Waals surface area contributed by atoms with E-state index in [9.17, 15) is 15.0 Å². The third kappa shape index (κ3) is 2.05. The Hall–Kier alpha value is -3.21. The summed E-state index contributed by atoms with van der Waals surface area (Å²) in [6, 6.07) is 11.2. The summed E-state index contributed by atoms with van der Waals surface area (Å²) in [6.45, 7) is 1.91. The maximum Gasteiger partial charge on any atom is 0.190 e. The summed E-state index contributed by atoms with van der Waals surface area (Å²) < 4.78 is 0. The van der Waals surface area contributed by atoms with E-state index < -0.39 is 0 Å². The van der Waals surface area contributed by atoms with Crippen LogP contribution in [0.25, 0.3) is 33.1 Å². The van der Waals surface area contributed by atoms with E-state index in [2.05, 4.69) is 9.97 Å². The molecule has 5 nitrogen and oxygen atoms in total. The number of aryl methyl sites for hydroxylation is 1. The van der Waals surface area contributed by atoms with E-state index in [1.165, 1.54) is 12.1 Å². The minimum absolute atomic E-state index is 0.0959. The van der Waals surface area contributed by atoms with Gasteiger partial charge in [0.05, 0.1) is 11.2 Å². The molecule has 0 atom stereocenters. The number of H-pyrrole nitrogens is 2. The van der Waals surface area contributed by atoms with Crippen molar-refractivity contribution in [3.8, 4) is 22.8 Å². The maximum atomic E-state index is 12.4. The van der Waals surface area contributed by atoms with Gasteiger partial charge in [-0.15, -0.1) is 0 Å². The second-order valence-corrected chi connectivity index (χ2v) is 5.63. The number of phenols is 2. The van der Waals surface area contributed by atoms with E-state index in [-0.39, 0.29) is 16.9 Å². The molecule has 23 heavy (non-hydrogen) atoms. The fourth-order valence-corrected chi connectivity index (χ4v) is 3.04. The van der Waals surface area contributed by atoms with Gasteiger partial charge in [0, 0.05) is 39.7 Å². The Morgan fingerprint density at radius 1 is 0.826 bits per heavy atom. The molecule has 4 aromatic rings. The molecule has 0 aliphatic carbocycles. The highest BCUT2D eigenvalue weighted by molar-refractivity contribution is 5.98. The van der Waals surface area contributed by atoms with Crippen molar-refractivity contribution < 1.29 is 10.2 Å². The van der Waals surface area contributed by atoms with Gasteiger partial charge in [-0.05, 0) is 37.3 Å². The van der Waals surface area contributed by atoms with Crippen molar-refractivity contribution in [2.75, 3.05) is 0 Å². The summed E-state index contributed by atoms with van der Waals surface area (Å²) in [5.74, 6) is 0.261. The molecule has 0 fully saturated rings. The van der Waals surface area contributed by atoms with Gasteiger partial charge in [0.15, 0.2) is 5.43 Å². The number of fused-ring (bicyclic) bond motifs is 2. The summed E-state index contributed by atoms with van der Waals surface area (Å²) in [5.41, 5.74) is 3.69. The molecule has 0 spiro atoms. The number of benzene rings is 2. The zero-order valence-corrected chi connectivity index (χ0v) is 12.3. The molecule has 2 aromatic heterocycles. The standard InChI is InChI=1S/C18H14N2O3/c1-9-18(13-6-10(21)3-5-14(13)19-9)16-8-17(23)12-4-2-11(22)7-15(12)20-16/h2-8,19,21-22H,1H3,(H,20,23). The fourth-order valence-electron chi connectivity index (χ4n) is 3.04. The van der Waals surface area contributed by atoms with Crippen molar-refractivity contribution in [3.63, 3.8) is 0 Å². The van der Waals surface area contributed by atoms with E-state index in [0.29, 0.717) is 16.6 Å². The number of nitrogens with one attached hydrogen (secondary N) is 2. The highest BCUT2D eigenvalue weighted by Crippen LogP contribution is 2.33. The van der Waals surface area contributed by atoms with Gasteiger partial charge in [-0.2, -0.15) is 0 Å². The molecule has 4 rings (SSSR count). The van der Waals surface area contributed by atoms with Crippen LogP contribution in [0.5, 0.6) is 11.5 Å². The Morgan fingerprint density at radius 3 is 2.39 bits per heavy atom. The second kappa shape index (κ2) is 4.64. The third-order valence-electron chi connectivity index (χ3n) is 4.05. The van der Waals surface area contributed by atoms with Crippen molar-refractivity contribution in [1.29, 1.82) is 0 Å². The first-order valence-electron chi connectivity index (χ1n) is 7.20. The Balaban J connectivity index is 2.08. The lowest BCUT2D eigenvalue weighted by molar-refractivity contribution is 0.475. The third-order valence-corrected chi connectivity index (χ3v) is 4.05. The molecule has 0 unspecified atom stereocenters. The lowest BCUT2D eigenvalue weighted by Gasteiger charge is -2.06. The summed E-state index contributed by atoms with van der Waals surface area (Å²) in [6.07, 6.45) is 0. The van der Waals surface area contributed by atoms with E-state index in [1.807, 2.05) is 6.92 Å². The van der Waals surface area contributed by atoms with Gasteiger partial charge in [-0.25, -0.2) is 0 Å². The van der Waals surface area contributed by atoms with Crippen LogP contribution in [-0.4, -0.2) is 20.2 Å². The normalized spacial score (nSPS) is 11.3. The highest BCUT2D eigenvalue weighted by atomic mass is 16.3. The molecule has 5 heteroatoms. The molecular weight excluding hydrogens is 292 g/mol. The summed E-state index contributed by atoms with van der Waals surface area (Å²) >= 11 is 0. The van der Waals surface area contributed by atoms with E-state index >= 15 is 0 Å². The number of hydrogen-bond acceptors (Lipinski definition) is 3. The number of phenolic OH excluding ortho intramolecular Hbond substituents is 2. The molecule has 0 saturated heterocycles. The fraction of sp³-hybridized carbons (Fsp3) is 0.0556. The predicted molar refractivity (Wildman–Crippen MR) is 89.9 cm³/mol. The molecule has 2 heterocycles. The van der Waals surface area contributed by atoms with Crippen molar-refractivity contribution >= 4 is 21.8 Å². The maximum absolute atomic E-state index is 12.4. The number of pyridine rings is 1. The van der Waals surface area contributed by atoms with Gasteiger partial charge < -0.3 is 20.2 Å². The molecule has 0 amide bonds. The SMILES string of the molecule is Cc1[nH]c2ccc(O)cc2c1-c1cc(=O)c2ccc(O)cc2[nH]1. The Morgan fingerprint density at radius 2 is 1.57 bits per heavy atom. The first-order chi connectivity index (χ1) is 11.0. The van der Waals surface area contributed by atoms with Crippen LogP contribution in [0.2, 0.25) is 0 Å². The van der Waals surface area contributed by atoms with Gasteiger partial charge in [0.2, 0.25) is 0 Å². The summed E-state index contributed by atoms with van der Waals surface area (Å²) in [4.78, 5) is 18.8. The second-order valence-electron chi connectivity index (χ2n) is 5.63. The van der Waals surface area contributed by atoms with Gasteiger partial charge >= 0.3 is 0 Å². The number of aromatic nitrogens is 2. The first-order valence-corrected chi connectivity index (χ1v) is 7.20. The lowest BCUT2D eigenvalue weighted by atomic mass is 10.1. The van der Waals surface area contributed by atoms with Crippen LogP contribution in [0.1, 0.15) is 5.69 Å². The summed E-state index contributed by atoms with van der Waals surface area (Å²) in [5, 5.41) is 20.8. The highest BCUT2D eigenvalue weighted by Gasteiger charge is 2.13. The van der Waals surface area contributed by atoms with Crippen molar-refractivity contribution in [1.82, 2.24) is 9.97 Å². The monoisotopic (exact) mass is 306 g/mol. The average molecular weight is 306 g/mol. The van der Waals surface area contributed by atoms with Crippen LogP contribution < -0.4 is 5.43 Å². The predicted octanol–water partition coefficient (Wildman–Crippen LogP) is 3.40. The van der Waals surface area contributed by atoms with E-state index in [4.69, 9.17) is 0 Å². The largest absolute Gasteiger partial charge is 0.508 e. The number of aromatic amines is 2. The first kappa shape index (κ1) is 13.5. The Labute approximate surface area is 130 Å². The van der Waals surface area contributed by atoms with Crippen LogP contribution >= 0.6 is 0 Å². The topological polar surface area (TPSA) is 89.1 Å². The molecular formula is C18H14N2O3. The van der Waals surface area contributed by atoms with Gasteiger partial charge in [-0.1, -0.05) is 0 Å². The molecule has 4 N–H and O–H groups in total. The average Bonchev–Trinajstić information content (AvgIpc) is 2.81. The van der Waals surface area contributed by atoms with Gasteiger partial charge in [-0.3, -0.25) is 4.79 Å². The zero-order chi connectivity index (χ0) is 16.1. The lowest BCUT2D eigenvalue weighted by Crippen LogP contribution is -2.03. The Kier molecular flexibility index (Phi) is 2.72. The molecule has 0 radical (unpaired) electrons. The minimum atomic E-state index is -0.123. The molecule has 0 saturated carbocycles. The number of hydrogen-bond donors (Lipinski definition) is 4. The molecule has 114 valence electrons. The number of rotatable bonds is 1. The van der Waals surface area contributed by atoms with Crippen molar-refractivity contribution in [2.45, 2.75) is 6.92 Å². The molecule has 0 aliphatic heterocycles. The van der Waals surface area contributed by atoms with Crippen LogP contribution in [0, 0.1) is 6.92 Å². The number of aromatic hydroxyl groups is 2. The van der Waals surface area contributed by atoms with Crippen molar-refractivity contribution in [2.24, 2.45) is 0 Å². The van der Waals surface area contributed by atoms with Crippen LogP contribution in [0.4, 0.5) is 0 Å². The molecule has 0 aliphatic rings.